The summed E-state index contributed by atoms with van der Waals surface area (Å²) in [5.41, 5.74) is 8.07. The summed E-state index contributed by atoms with van der Waals surface area (Å²) in [7, 11) is 1.65. The number of hydrogen-bond donors (Lipinski definition) is 1. The molecule has 0 unspecified atom stereocenters. The van der Waals surface area contributed by atoms with E-state index in [1.165, 1.54) is 5.57 Å². The van der Waals surface area contributed by atoms with Crippen LogP contribution in [0, 0.1) is 5.92 Å². The minimum Gasteiger partial charge on any atom is -0.493 e. The van der Waals surface area contributed by atoms with E-state index in [0.717, 1.165) is 17.1 Å². The molecule has 2 N–H and O–H groups in total. The van der Waals surface area contributed by atoms with E-state index >= 15 is 0 Å². The lowest BCUT2D eigenvalue weighted by molar-refractivity contribution is 0.311. The first-order valence-electron chi connectivity index (χ1n) is 6.33. The second kappa shape index (κ2) is 7.07. The molecule has 0 saturated carbocycles. The van der Waals surface area contributed by atoms with E-state index in [1.807, 2.05) is 25.1 Å². The SMILES string of the molecule is CCOc1cc(C=C(CN)C(C)C)ccc1OC. The molecule has 0 aliphatic heterocycles. The largest absolute Gasteiger partial charge is 0.493 e. The van der Waals surface area contributed by atoms with Crippen molar-refractivity contribution in [3.63, 3.8) is 0 Å². The highest BCUT2D eigenvalue weighted by molar-refractivity contribution is 5.58. The van der Waals surface area contributed by atoms with Crippen molar-refractivity contribution >= 4 is 6.08 Å². The molecular weight excluding hydrogens is 226 g/mol. The van der Waals surface area contributed by atoms with Crippen molar-refractivity contribution in [3.05, 3.63) is 29.3 Å². The van der Waals surface area contributed by atoms with Crippen LogP contribution in [-0.4, -0.2) is 20.3 Å². The molecule has 100 valence electrons. The minimum absolute atomic E-state index is 0.452. The van der Waals surface area contributed by atoms with Gasteiger partial charge in [-0.15, -0.1) is 0 Å². The van der Waals surface area contributed by atoms with Crippen LogP contribution in [0.3, 0.4) is 0 Å². The molecule has 0 fully saturated rings. The van der Waals surface area contributed by atoms with Crippen LogP contribution >= 0.6 is 0 Å². The van der Waals surface area contributed by atoms with Crippen LogP contribution in [0.2, 0.25) is 0 Å². The first-order chi connectivity index (χ1) is 8.62. The predicted octanol–water partition coefficient (Wildman–Crippen LogP) is 3.09. The Bertz CT molecular complexity index is 411. The normalized spacial score (nSPS) is 11.8. The monoisotopic (exact) mass is 249 g/mol. The van der Waals surface area contributed by atoms with Gasteiger partial charge in [0.15, 0.2) is 11.5 Å². The summed E-state index contributed by atoms with van der Waals surface area (Å²) in [5, 5.41) is 0. The summed E-state index contributed by atoms with van der Waals surface area (Å²) in [6.07, 6.45) is 2.12. The highest BCUT2D eigenvalue weighted by Crippen LogP contribution is 2.29. The van der Waals surface area contributed by atoms with Crippen LogP contribution in [-0.2, 0) is 0 Å². The average molecular weight is 249 g/mol. The molecule has 0 amide bonds. The smallest absolute Gasteiger partial charge is 0.161 e. The summed E-state index contributed by atoms with van der Waals surface area (Å²) in [6.45, 7) is 7.45. The number of nitrogens with two attached hydrogens (primary N) is 1. The van der Waals surface area contributed by atoms with Crippen molar-refractivity contribution in [2.24, 2.45) is 11.7 Å². The fourth-order valence-corrected chi connectivity index (χ4v) is 1.73. The van der Waals surface area contributed by atoms with Gasteiger partial charge in [-0.2, -0.15) is 0 Å². The quantitative estimate of drug-likeness (QED) is 0.842. The topological polar surface area (TPSA) is 44.5 Å². The Hall–Kier alpha value is -1.48. The van der Waals surface area contributed by atoms with Gasteiger partial charge in [0.1, 0.15) is 0 Å². The molecule has 0 aliphatic carbocycles. The standard InChI is InChI=1S/C15H23NO2/c1-5-18-15-9-12(6-7-14(15)17-4)8-13(10-16)11(2)3/h6-9,11H,5,10,16H2,1-4H3. The molecule has 3 nitrogen and oxygen atoms in total. The maximum Gasteiger partial charge on any atom is 0.161 e. The van der Waals surface area contributed by atoms with Crippen molar-refractivity contribution in [2.75, 3.05) is 20.3 Å². The van der Waals surface area contributed by atoms with Crippen LogP contribution < -0.4 is 15.2 Å². The van der Waals surface area contributed by atoms with Gasteiger partial charge >= 0.3 is 0 Å². The molecule has 3 heteroatoms. The van der Waals surface area contributed by atoms with Gasteiger partial charge in [-0.1, -0.05) is 31.6 Å². The summed E-state index contributed by atoms with van der Waals surface area (Å²) in [4.78, 5) is 0. The second-order valence-electron chi connectivity index (χ2n) is 4.42. The molecule has 0 aliphatic rings. The van der Waals surface area contributed by atoms with Gasteiger partial charge in [0.25, 0.3) is 0 Å². The average Bonchev–Trinajstić information content (AvgIpc) is 2.36. The Kier molecular flexibility index (Phi) is 5.72. The van der Waals surface area contributed by atoms with Crippen LogP contribution in [0.25, 0.3) is 6.08 Å². The van der Waals surface area contributed by atoms with Gasteiger partial charge in [-0.25, -0.2) is 0 Å². The summed E-state index contributed by atoms with van der Waals surface area (Å²) >= 11 is 0. The summed E-state index contributed by atoms with van der Waals surface area (Å²) < 4.78 is 10.8. The van der Waals surface area contributed by atoms with E-state index in [1.54, 1.807) is 7.11 Å². The fraction of sp³-hybridized carbons (Fsp3) is 0.467. The van der Waals surface area contributed by atoms with Crippen molar-refractivity contribution in [1.29, 1.82) is 0 Å². The Balaban J connectivity index is 3.07. The van der Waals surface area contributed by atoms with Gasteiger partial charge in [-0.3, -0.25) is 0 Å². The highest BCUT2D eigenvalue weighted by Gasteiger charge is 2.06. The number of hydrogen-bond acceptors (Lipinski definition) is 3. The van der Waals surface area contributed by atoms with Crippen molar-refractivity contribution in [2.45, 2.75) is 20.8 Å². The van der Waals surface area contributed by atoms with E-state index in [4.69, 9.17) is 15.2 Å². The lowest BCUT2D eigenvalue weighted by Gasteiger charge is -2.12. The Morgan fingerprint density at radius 2 is 2.06 bits per heavy atom. The van der Waals surface area contributed by atoms with Gasteiger partial charge in [0, 0.05) is 6.54 Å². The zero-order chi connectivity index (χ0) is 13.5. The third-order valence-electron chi connectivity index (χ3n) is 2.82. The highest BCUT2D eigenvalue weighted by atomic mass is 16.5. The first kappa shape index (κ1) is 14.6. The van der Waals surface area contributed by atoms with Crippen molar-refractivity contribution < 1.29 is 9.47 Å². The lowest BCUT2D eigenvalue weighted by Crippen LogP contribution is -2.08. The van der Waals surface area contributed by atoms with Gasteiger partial charge in [0.2, 0.25) is 0 Å². The molecule has 18 heavy (non-hydrogen) atoms. The molecule has 0 aromatic heterocycles. The Morgan fingerprint density at radius 1 is 1.33 bits per heavy atom. The maximum absolute atomic E-state index is 5.75. The molecule has 0 spiro atoms. The van der Waals surface area contributed by atoms with E-state index < -0.39 is 0 Å². The van der Waals surface area contributed by atoms with Gasteiger partial charge < -0.3 is 15.2 Å². The van der Waals surface area contributed by atoms with Crippen molar-refractivity contribution in [1.82, 2.24) is 0 Å². The van der Waals surface area contributed by atoms with E-state index in [0.29, 0.717) is 19.1 Å². The third-order valence-corrected chi connectivity index (χ3v) is 2.82. The molecule has 0 atom stereocenters. The van der Waals surface area contributed by atoms with E-state index in [9.17, 15) is 0 Å². The van der Waals surface area contributed by atoms with E-state index in [2.05, 4.69) is 19.9 Å². The zero-order valence-corrected chi connectivity index (χ0v) is 11.7. The molecule has 1 aromatic carbocycles. The molecule has 0 heterocycles. The number of ether oxygens (including phenoxy) is 2. The molecule has 0 saturated heterocycles. The molecular formula is C15H23NO2. The third kappa shape index (κ3) is 3.77. The number of benzene rings is 1. The van der Waals surface area contributed by atoms with Crippen LogP contribution in [0.5, 0.6) is 11.5 Å². The molecule has 0 radical (unpaired) electrons. The second-order valence-corrected chi connectivity index (χ2v) is 4.42. The predicted molar refractivity (Wildman–Crippen MR) is 76.0 cm³/mol. The fourth-order valence-electron chi connectivity index (χ4n) is 1.73. The zero-order valence-electron chi connectivity index (χ0n) is 11.7. The summed E-state index contributed by atoms with van der Waals surface area (Å²) in [5.74, 6) is 1.98. The van der Waals surface area contributed by atoms with Gasteiger partial charge in [0.05, 0.1) is 13.7 Å². The Morgan fingerprint density at radius 3 is 2.56 bits per heavy atom. The van der Waals surface area contributed by atoms with Crippen molar-refractivity contribution in [3.8, 4) is 11.5 Å². The van der Waals surface area contributed by atoms with Crippen LogP contribution in [0.4, 0.5) is 0 Å². The van der Waals surface area contributed by atoms with Crippen LogP contribution in [0.1, 0.15) is 26.3 Å². The molecule has 1 rings (SSSR count). The maximum atomic E-state index is 5.75. The molecule has 1 aromatic rings. The number of methoxy groups -OCH3 is 1. The van der Waals surface area contributed by atoms with Gasteiger partial charge in [-0.05, 0) is 30.5 Å². The number of rotatable bonds is 6. The summed E-state index contributed by atoms with van der Waals surface area (Å²) in [6, 6.07) is 5.92. The first-order valence-corrected chi connectivity index (χ1v) is 6.33. The minimum atomic E-state index is 0.452. The molecule has 0 bridgehead atoms. The lowest BCUT2D eigenvalue weighted by atomic mass is 10.0. The van der Waals surface area contributed by atoms with E-state index in [-0.39, 0.29) is 0 Å². The van der Waals surface area contributed by atoms with Crippen LogP contribution in [0.15, 0.2) is 23.8 Å². The Labute approximate surface area is 110 Å².